The van der Waals surface area contributed by atoms with Gasteiger partial charge >= 0.3 is 0 Å². The number of fused-ring (bicyclic) bond motifs is 1. The molecule has 1 aliphatic carbocycles. The molecule has 1 aromatic carbocycles. The summed E-state index contributed by atoms with van der Waals surface area (Å²) in [6.07, 6.45) is 2.89. The van der Waals surface area contributed by atoms with Gasteiger partial charge in [0.2, 0.25) is 5.41 Å². The van der Waals surface area contributed by atoms with Gasteiger partial charge in [-0.3, -0.25) is 9.69 Å². The Morgan fingerprint density at radius 3 is 2.44 bits per heavy atom. The van der Waals surface area contributed by atoms with Crippen molar-refractivity contribution in [2.75, 3.05) is 26.2 Å². The van der Waals surface area contributed by atoms with Gasteiger partial charge in [0.05, 0.1) is 29.5 Å². The molecular weight excluding hydrogens is 404 g/mol. The van der Waals surface area contributed by atoms with Gasteiger partial charge in [0.1, 0.15) is 5.75 Å². The molecule has 164 valence electrons. The fourth-order valence-corrected chi connectivity index (χ4v) is 5.04. The number of nitriles is 3. The third kappa shape index (κ3) is 3.58. The van der Waals surface area contributed by atoms with E-state index in [2.05, 4.69) is 30.0 Å². The number of ether oxygens (including phenoxy) is 1. The van der Waals surface area contributed by atoms with Gasteiger partial charge in [-0.05, 0) is 36.2 Å². The second kappa shape index (κ2) is 8.75. The van der Waals surface area contributed by atoms with Gasteiger partial charge in [0.15, 0.2) is 6.61 Å². The first-order valence-electron chi connectivity index (χ1n) is 10.4. The third-order valence-corrected chi connectivity index (χ3v) is 6.34. The SMILES string of the molecule is CCCN1CC=C2C(C#N)(C#N)C(N)=C(C#N)C(c3ccc(OCC(N)=O)cc3)C2(C)C1. The molecule has 32 heavy (non-hydrogen) atoms. The normalized spacial score (nSPS) is 24.3. The smallest absolute Gasteiger partial charge is 0.255 e. The van der Waals surface area contributed by atoms with Crippen molar-refractivity contribution in [3.8, 4) is 24.0 Å². The van der Waals surface area contributed by atoms with Crippen LogP contribution >= 0.6 is 0 Å². The number of carbonyl (C=O) groups excluding carboxylic acids is 1. The van der Waals surface area contributed by atoms with E-state index in [9.17, 15) is 20.6 Å². The summed E-state index contributed by atoms with van der Waals surface area (Å²) >= 11 is 0. The highest BCUT2D eigenvalue weighted by atomic mass is 16.5. The molecule has 2 aliphatic rings. The predicted molar refractivity (Wildman–Crippen MR) is 117 cm³/mol. The highest BCUT2D eigenvalue weighted by molar-refractivity contribution is 5.75. The maximum absolute atomic E-state index is 11.0. The topological polar surface area (TPSA) is 153 Å². The van der Waals surface area contributed by atoms with Crippen LogP contribution < -0.4 is 16.2 Å². The number of nitrogens with zero attached hydrogens (tertiary/aromatic N) is 4. The average molecular weight is 431 g/mol. The maximum Gasteiger partial charge on any atom is 0.255 e. The minimum atomic E-state index is -1.67. The lowest BCUT2D eigenvalue weighted by Gasteiger charge is -2.52. The van der Waals surface area contributed by atoms with Gasteiger partial charge in [0.25, 0.3) is 5.91 Å². The van der Waals surface area contributed by atoms with Crippen LogP contribution in [0.3, 0.4) is 0 Å². The Balaban J connectivity index is 2.18. The van der Waals surface area contributed by atoms with E-state index in [1.807, 2.05) is 25.1 Å². The molecule has 1 aliphatic heterocycles. The molecule has 0 aromatic heterocycles. The molecule has 0 radical (unpaired) electrons. The highest BCUT2D eigenvalue weighted by Gasteiger charge is 2.58. The van der Waals surface area contributed by atoms with Gasteiger partial charge in [-0.25, -0.2) is 0 Å². The molecule has 1 amide bonds. The highest BCUT2D eigenvalue weighted by Crippen LogP contribution is 2.59. The Morgan fingerprint density at radius 1 is 1.25 bits per heavy atom. The summed E-state index contributed by atoms with van der Waals surface area (Å²) in [5.41, 5.74) is 10.8. The first-order chi connectivity index (χ1) is 15.3. The number of carbonyl (C=O) groups is 1. The summed E-state index contributed by atoms with van der Waals surface area (Å²) in [5, 5.41) is 30.2. The molecular formula is C24H26N6O2. The van der Waals surface area contributed by atoms with Gasteiger partial charge in [-0.1, -0.05) is 32.1 Å². The van der Waals surface area contributed by atoms with Gasteiger partial charge in [-0.2, -0.15) is 15.8 Å². The predicted octanol–water partition coefficient (Wildman–Crippen LogP) is 2.08. The fraction of sp³-hybridized carbons (Fsp3) is 0.417. The third-order valence-electron chi connectivity index (χ3n) is 6.34. The first kappa shape index (κ1) is 22.9. The summed E-state index contributed by atoms with van der Waals surface area (Å²) in [6, 6.07) is 13.5. The van der Waals surface area contributed by atoms with E-state index >= 15 is 0 Å². The van der Waals surface area contributed by atoms with E-state index in [-0.39, 0.29) is 17.9 Å². The zero-order valence-corrected chi connectivity index (χ0v) is 18.3. The van der Waals surface area contributed by atoms with Crippen molar-refractivity contribution >= 4 is 5.91 Å². The Bertz CT molecular complexity index is 1090. The molecule has 1 heterocycles. The summed E-state index contributed by atoms with van der Waals surface area (Å²) in [6.45, 7) is 5.92. The first-order valence-corrected chi connectivity index (χ1v) is 10.4. The molecule has 1 aromatic rings. The lowest BCUT2D eigenvalue weighted by atomic mass is 9.52. The molecule has 2 unspecified atom stereocenters. The molecule has 4 N–H and O–H groups in total. The van der Waals surface area contributed by atoms with Gasteiger partial charge in [-0.15, -0.1) is 0 Å². The molecule has 0 fully saturated rings. The standard InChI is InChI=1S/C24H26N6O2/c1-3-9-30-10-8-19-23(2,15-30)21(18(11-25)22(29)24(19,13-26)14-27)16-4-6-17(7-5-16)32-12-20(28)31/h4-8,21H,3,9-10,12,15,29H2,1-2H3,(H2,28,31). The van der Waals surface area contributed by atoms with Crippen LogP contribution in [0, 0.1) is 44.8 Å². The molecule has 8 nitrogen and oxygen atoms in total. The average Bonchev–Trinajstić information content (AvgIpc) is 2.78. The zero-order chi connectivity index (χ0) is 23.5. The molecule has 0 spiro atoms. The summed E-state index contributed by atoms with van der Waals surface area (Å²) < 4.78 is 5.35. The Morgan fingerprint density at radius 2 is 1.91 bits per heavy atom. The van der Waals surface area contributed by atoms with Crippen molar-refractivity contribution in [3.63, 3.8) is 0 Å². The van der Waals surface area contributed by atoms with Gasteiger partial charge in [0, 0.05) is 24.4 Å². The minimum Gasteiger partial charge on any atom is -0.484 e. The quantitative estimate of drug-likeness (QED) is 0.655. The van der Waals surface area contributed by atoms with Crippen LogP contribution in [0.1, 0.15) is 31.7 Å². The second-order valence-electron chi connectivity index (χ2n) is 8.44. The lowest BCUT2D eigenvalue weighted by Crippen LogP contribution is -2.53. The Hall–Kier alpha value is -3.80. The van der Waals surface area contributed by atoms with Crippen LogP contribution in [0.25, 0.3) is 0 Å². The van der Waals surface area contributed by atoms with Crippen molar-refractivity contribution in [3.05, 3.63) is 52.7 Å². The van der Waals surface area contributed by atoms with Crippen LogP contribution in [0.2, 0.25) is 0 Å². The largest absolute Gasteiger partial charge is 0.484 e. The number of rotatable bonds is 6. The van der Waals surface area contributed by atoms with E-state index in [1.54, 1.807) is 12.1 Å². The lowest BCUT2D eigenvalue weighted by molar-refractivity contribution is -0.119. The number of primary amides is 1. The number of hydrogen-bond donors (Lipinski definition) is 2. The van der Waals surface area contributed by atoms with E-state index < -0.39 is 22.7 Å². The van der Waals surface area contributed by atoms with Crippen LogP contribution in [0.15, 0.2) is 47.2 Å². The monoisotopic (exact) mass is 430 g/mol. The van der Waals surface area contributed by atoms with Crippen molar-refractivity contribution in [2.24, 2.45) is 22.3 Å². The summed E-state index contributed by atoms with van der Waals surface area (Å²) in [4.78, 5) is 13.2. The summed E-state index contributed by atoms with van der Waals surface area (Å²) in [5.74, 6) is -0.550. The number of benzene rings is 1. The number of nitrogens with two attached hydrogens (primary N) is 2. The van der Waals surface area contributed by atoms with E-state index in [4.69, 9.17) is 16.2 Å². The Labute approximate surface area is 188 Å². The molecule has 0 bridgehead atoms. The van der Waals surface area contributed by atoms with Crippen LogP contribution in [-0.4, -0.2) is 37.0 Å². The number of hydrogen-bond acceptors (Lipinski definition) is 7. The van der Waals surface area contributed by atoms with Crippen molar-refractivity contribution in [1.82, 2.24) is 4.90 Å². The minimum absolute atomic E-state index is 0.00304. The molecule has 0 saturated heterocycles. The number of allylic oxidation sites excluding steroid dienone is 2. The summed E-state index contributed by atoms with van der Waals surface area (Å²) in [7, 11) is 0. The maximum atomic E-state index is 11.0. The molecule has 2 atom stereocenters. The van der Waals surface area contributed by atoms with Crippen LogP contribution in [0.4, 0.5) is 0 Å². The molecule has 8 heteroatoms. The van der Waals surface area contributed by atoms with Crippen LogP contribution in [-0.2, 0) is 4.79 Å². The Kier molecular flexibility index (Phi) is 6.25. The van der Waals surface area contributed by atoms with E-state index in [1.165, 1.54) is 0 Å². The van der Waals surface area contributed by atoms with E-state index in [0.717, 1.165) is 18.5 Å². The van der Waals surface area contributed by atoms with Crippen molar-refractivity contribution in [1.29, 1.82) is 15.8 Å². The van der Waals surface area contributed by atoms with E-state index in [0.29, 0.717) is 24.4 Å². The second-order valence-corrected chi connectivity index (χ2v) is 8.44. The molecule has 0 saturated carbocycles. The van der Waals surface area contributed by atoms with Crippen molar-refractivity contribution < 1.29 is 9.53 Å². The molecule has 3 rings (SSSR count). The zero-order valence-electron chi connectivity index (χ0n) is 18.3. The van der Waals surface area contributed by atoms with Crippen molar-refractivity contribution in [2.45, 2.75) is 26.2 Å². The van der Waals surface area contributed by atoms with Crippen LogP contribution in [0.5, 0.6) is 5.75 Å². The fourth-order valence-electron chi connectivity index (χ4n) is 5.04. The van der Waals surface area contributed by atoms with Gasteiger partial charge < -0.3 is 16.2 Å². The number of amides is 1.